The molecule has 4 saturated heterocycles. The first-order valence-electron chi connectivity index (χ1n) is 8.21. The van der Waals surface area contributed by atoms with Crippen LogP contribution in [0.15, 0.2) is 24.3 Å². The summed E-state index contributed by atoms with van der Waals surface area (Å²) in [6.07, 6.45) is -0.238. The minimum absolute atomic E-state index is 0.141. The Kier molecular flexibility index (Phi) is 3.03. The van der Waals surface area contributed by atoms with Gasteiger partial charge in [0.15, 0.2) is 0 Å². The van der Waals surface area contributed by atoms with Crippen molar-refractivity contribution in [1.82, 2.24) is 9.80 Å². The third-order valence-corrected chi connectivity index (χ3v) is 6.77. The molecule has 4 bridgehead atoms. The zero-order valence-corrected chi connectivity index (χ0v) is 14.1. The zero-order chi connectivity index (χ0) is 18.2. The number of nitrogens with zero attached hydrogens (tertiary/aromatic N) is 4. The summed E-state index contributed by atoms with van der Waals surface area (Å²) in [6.45, 7) is 4.09. The van der Waals surface area contributed by atoms with E-state index in [0.29, 0.717) is 0 Å². The Morgan fingerprint density at radius 1 is 0.960 bits per heavy atom. The average Bonchev–Trinajstić information content (AvgIpc) is 2.52. The van der Waals surface area contributed by atoms with Crippen LogP contribution in [0.2, 0.25) is 0 Å². The predicted molar refractivity (Wildman–Crippen MR) is 87.2 cm³/mol. The highest BCUT2D eigenvalue weighted by atomic mass is 16.6. The van der Waals surface area contributed by atoms with E-state index in [1.54, 1.807) is 38.1 Å². The SMILES string of the molecule is CC1(C)C2([N+](=O)[O-])CN3CC1([N+](=O)[O-])CN(C2)C3c1ccc(O)cc1. The van der Waals surface area contributed by atoms with Gasteiger partial charge in [0.2, 0.25) is 0 Å². The van der Waals surface area contributed by atoms with Crippen LogP contribution in [0.4, 0.5) is 0 Å². The number of rotatable bonds is 3. The molecule has 4 fully saturated rings. The van der Waals surface area contributed by atoms with Crippen molar-refractivity contribution in [1.29, 1.82) is 0 Å². The Morgan fingerprint density at radius 3 is 1.72 bits per heavy atom. The first-order valence-corrected chi connectivity index (χ1v) is 8.21. The standard InChI is InChI=1S/C16H20N4O5/c1-14(2)15(19(22)23)7-17-9-16(14,20(24)25)10-18(8-15)13(17)11-3-5-12(21)6-4-11/h3-6,13,21H,7-10H2,1-2H3. The first-order chi connectivity index (χ1) is 11.6. The number of hydrogen-bond acceptors (Lipinski definition) is 7. The number of phenols is 1. The van der Waals surface area contributed by atoms with Crippen molar-refractivity contribution >= 4 is 0 Å². The van der Waals surface area contributed by atoms with E-state index in [-0.39, 0.29) is 47.9 Å². The molecule has 4 aliphatic heterocycles. The molecule has 0 spiro atoms. The van der Waals surface area contributed by atoms with Crippen LogP contribution in [0.5, 0.6) is 5.75 Å². The maximum absolute atomic E-state index is 12.0. The van der Waals surface area contributed by atoms with Crippen molar-refractivity contribution < 1.29 is 15.0 Å². The van der Waals surface area contributed by atoms with Gasteiger partial charge in [0.05, 0.1) is 32.3 Å². The second kappa shape index (κ2) is 4.67. The van der Waals surface area contributed by atoms with Gasteiger partial charge in [0, 0.05) is 9.85 Å². The molecule has 4 heterocycles. The third-order valence-electron chi connectivity index (χ3n) is 6.77. The molecule has 0 atom stereocenters. The van der Waals surface area contributed by atoms with Gasteiger partial charge in [-0.05, 0) is 31.5 Å². The lowest BCUT2D eigenvalue weighted by atomic mass is 9.53. The van der Waals surface area contributed by atoms with Crippen LogP contribution in [-0.2, 0) is 0 Å². The van der Waals surface area contributed by atoms with E-state index in [2.05, 4.69) is 0 Å². The van der Waals surface area contributed by atoms with Gasteiger partial charge in [0.1, 0.15) is 11.2 Å². The molecule has 0 unspecified atom stereocenters. The minimum Gasteiger partial charge on any atom is -0.508 e. The van der Waals surface area contributed by atoms with Crippen molar-refractivity contribution in [3.8, 4) is 5.75 Å². The van der Waals surface area contributed by atoms with Crippen molar-refractivity contribution in [2.45, 2.75) is 31.1 Å². The fourth-order valence-corrected chi connectivity index (χ4v) is 5.11. The van der Waals surface area contributed by atoms with E-state index in [0.717, 1.165) is 5.56 Å². The van der Waals surface area contributed by atoms with Gasteiger partial charge in [-0.15, -0.1) is 0 Å². The number of piperidine rings is 2. The summed E-state index contributed by atoms with van der Waals surface area (Å²) in [7, 11) is 0. The lowest BCUT2D eigenvalue weighted by Crippen LogP contribution is -2.88. The van der Waals surface area contributed by atoms with Gasteiger partial charge in [-0.2, -0.15) is 0 Å². The van der Waals surface area contributed by atoms with E-state index in [4.69, 9.17) is 0 Å². The Balaban J connectivity index is 1.83. The van der Waals surface area contributed by atoms with E-state index in [1.165, 1.54) is 0 Å². The molecule has 9 nitrogen and oxygen atoms in total. The van der Waals surface area contributed by atoms with Gasteiger partial charge < -0.3 is 5.11 Å². The Labute approximate surface area is 144 Å². The van der Waals surface area contributed by atoms with Gasteiger partial charge in [-0.25, -0.2) is 0 Å². The highest BCUT2D eigenvalue weighted by molar-refractivity contribution is 5.31. The molecular weight excluding hydrogens is 328 g/mol. The molecule has 25 heavy (non-hydrogen) atoms. The van der Waals surface area contributed by atoms with Crippen LogP contribution in [0, 0.1) is 25.6 Å². The van der Waals surface area contributed by atoms with E-state index in [9.17, 15) is 25.3 Å². The normalized spacial score (nSPS) is 40.8. The number of aromatic hydroxyl groups is 1. The van der Waals surface area contributed by atoms with E-state index < -0.39 is 16.5 Å². The monoisotopic (exact) mass is 348 g/mol. The number of phenolic OH excluding ortho intramolecular Hbond substituents is 1. The molecule has 1 aromatic rings. The van der Waals surface area contributed by atoms with Gasteiger partial charge in [0.25, 0.3) is 11.1 Å². The maximum Gasteiger partial charge on any atom is 0.259 e. The van der Waals surface area contributed by atoms with Crippen LogP contribution in [-0.4, -0.2) is 62.0 Å². The van der Waals surface area contributed by atoms with Crippen LogP contribution in [0.1, 0.15) is 25.6 Å². The fraction of sp³-hybridized carbons (Fsp3) is 0.625. The number of nitro groups is 2. The Bertz CT molecular complexity index is 710. The van der Waals surface area contributed by atoms with Crippen LogP contribution < -0.4 is 0 Å². The minimum atomic E-state index is -1.37. The van der Waals surface area contributed by atoms with E-state index in [1.807, 2.05) is 9.80 Å². The van der Waals surface area contributed by atoms with Gasteiger partial charge in [-0.1, -0.05) is 12.1 Å². The smallest absolute Gasteiger partial charge is 0.259 e. The summed E-state index contributed by atoms with van der Waals surface area (Å²) in [6, 6.07) is 6.67. The van der Waals surface area contributed by atoms with Crippen molar-refractivity contribution in [3.05, 3.63) is 50.1 Å². The summed E-state index contributed by atoms with van der Waals surface area (Å²) in [5.41, 5.74) is -2.92. The molecule has 9 heteroatoms. The van der Waals surface area contributed by atoms with Crippen LogP contribution in [0.25, 0.3) is 0 Å². The average molecular weight is 348 g/mol. The molecular formula is C16H20N4O5. The Morgan fingerprint density at radius 2 is 1.36 bits per heavy atom. The third kappa shape index (κ3) is 1.74. The Hall–Kier alpha value is -2.26. The fourth-order valence-electron chi connectivity index (χ4n) is 5.11. The van der Waals surface area contributed by atoms with Crippen LogP contribution >= 0.6 is 0 Å². The topological polar surface area (TPSA) is 113 Å². The van der Waals surface area contributed by atoms with Crippen molar-refractivity contribution in [2.24, 2.45) is 5.41 Å². The molecule has 4 aliphatic rings. The quantitative estimate of drug-likeness (QED) is 0.642. The van der Waals surface area contributed by atoms with Gasteiger partial charge >= 0.3 is 0 Å². The van der Waals surface area contributed by atoms with E-state index >= 15 is 0 Å². The zero-order valence-electron chi connectivity index (χ0n) is 14.1. The number of benzene rings is 1. The molecule has 0 saturated carbocycles. The molecule has 0 aromatic heterocycles. The molecule has 0 radical (unpaired) electrons. The summed E-state index contributed by atoms with van der Waals surface area (Å²) in [5, 5.41) is 33.5. The largest absolute Gasteiger partial charge is 0.508 e. The summed E-state index contributed by atoms with van der Waals surface area (Å²) in [5.74, 6) is 0.141. The first kappa shape index (κ1) is 16.2. The highest BCUT2D eigenvalue weighted by Gasteiger charge is 2.81. The van der Waals surface area contributed by atoms with Crippen molar-refractivity contribution in [2.75, 3.05) is 26.2 Å². The molecule has 1 aromatic carbocycles. The number of hydrogen-bond donors (Lipinski definition) is 1. The second-order valence-electron chi connectivity index (χ2n) is 7.98. The second-order valence-corrected chi connectivity index (χ2v) is 7.98. The molecule has 5 rings (SSSR count). The summed E-state index contributed by atoms with van der Waals surface area (Å²) < 4.78 is 0. The predicted octanol–water partition coefficient (Wildman–Crippen LogP) is 1.09. The lowest BCUT2D eigenvalue weighted by molar-refractivity contribution is -0.679. The summed E-state index contributed by atoms with van der Waals surface area (Å²) >= 11 is 0. The maximum atomic E-state index is 12.0. The summed E-state index contributed by atoms with van der Waals surface area (Å²) in [4.78, 5) is 27.1. The van der Waals surface area contributed by atoms with Crippen LogP contribution in [0.3, 0.4) is 0 Å². The lowest BCUT2D eigenvalue weighted by Gasteiger charge is -2.66. The molecule has 0 aliphatic carbocycles. The van der Waals surface area contributed by atoms with Gasteiger partial charge in [-0.3, -0.25) is 30.0 Å². The molecule has 0 amide bonds. The molecule has 1 N–H and O–H groups in total. The van der Waals surface area contributed by atoms with Crippen molar-refractivity contribution in [3.63, 3.8) is 0 Å². The highest BCUT2D eigenvalue weighted by Crippen LogP contribution is 2.58. The molecule has 134 valence electrons.